The summed E-state index contributed by atoms with van der Waals surface area (Å²) in [7, 11) is -3.75. The van der Waals surface area contributed by atoms with Crippen molar-refractivity contribution in [2.45, 2.75) is 51.3 Å². The fourth-order valence-corrected chi connectivity index (χ4v) is 4.58. The van der Waals surface area contributed by atoms with E-state index in [1.54, 1.807) is 13.8 Å². The zero-order valence-electron chi connectivity index (χ0n) is 15.4. The molecule has 0 amide bonds. The first-order chi connectivity index (χ1) is 12.3. The van der Waals surface area contributed by atoms with E-state index in [-0.39, 0.29) is 16.3 Å². The van der Waals surface area contributed by atoms with Crippen LogP contribution in [0.2, 0.25) is 0 Å². The van der Waals surface area contributed by atoms with Gasteiger partial charge in [0.1, 0.15) is 5.69 Å². The monoisotopic (exact) mass is 382 g/mol. The zero-order valence-corrected chi connectivity index (χ0v) is 16.3. The first-order valence-corrected chi connectivity index (χ1v) is 10.4. The highest BCUT2D eigenvalue weighted by Crippen LogP contribution is 2.29. The highest BCUT2D eigenvalue weighted by atomic mass is 32.2. The molecule has 1 N–H and O–H groups in total. The van der Waals surface area contributed by atoms with E-state index in [9.17, 15) is 18.5 Å². The van der Waals surface area contributed by atoms with Crippen molar-refractivity contribution in [2.75, 3.05) is 18.5 Å². The molecule has 8 nitrogen and oxygen atoms in total. The third-order valence-electron chi connectivity index (χ3n) is 4.72. The topological polar surface area (TPSA) is 105 Å². The molecule has 1 saturated carbocycles. The van der Waals surface area contributed by atoms with E-state index in [4.69, 9.17) is 0 Å². The van der Waals surface area contributed by atoms with Gasteiger partial charge in [0.05, 0.1) is 9.82 Å². The third-order valence-corrected chi connectivity index (χ3v) is 6.76. The second-order valence-corrected chi connectivity index (χ2v) is 8.33. The average molecular weight is 382 g/mol. The number of nitro groups is 1. The summed E-state index contributed by atoms with van der Waals surface area (Å²) >= 11 is 0. The van der Waals surface area contributed by atoms with Gasteiger partial charge in [-0.05, 0) is 37.3 Å². The standard InChI is InChI=1S/C17H26N4O4S/c1-4-20(5-2)26(24,25)14-10-11-16(17(12-14)21(22)23)19-18-15-9-7-6-8-13(15)3/h10-13,19H,4-9H2,1-3H3/b18-15-. The summed E-state index contributed by atoms with van der Waals surface area (Å²) < 4.78 is 26.4. The number of sulfonamides is 1. The molecule has 1 aromatic rings. The lowest BCUT2D eigenvalue weighted by molar-refractivity contribution is -0.384. The molecule has 26 heavy (non-hydrogen) atoms. The Kier molecular flexibility index (Phi) is 6.71. The molecule has 9 heteroatoms. The Labute approximate surface area is 154 Å². The van der Waals surface area contributed by atoms with Crippen molar-refractivity contribution < 1.29 is 13.3 Å². The SMILES string of the molecule is CCN(CC)S(=O)(=O)c1ccc(N/N=C2/CCCCC2C)c([N+](=O)[O-])c1. The maximum atomic E-state index is 12.6. The molecule has 0 saturated heterocycles. The number of nitro benzene ring substituents is 1. The van der Waals surface area contributed by atoms with Gasteiger partial charge in [-0.15, -0.1) is 0 Å². The maximum Gasteiger partial charge on any atom is 0.295 e. The summed E-state index contributed by atoms with van der Waals surface area (Å²) in [6.07, 6.45) is 4.16. The van der Waals surface area contributed by atoms with E-state index >= 15 is 0 Å². The Morgan fingerprint density at radius 2 is 2.00 bits per heavy atom. The van der Waals surface area contributed by atoms with Gasteiger partial charge in [-0.2, -0.15) is 9.41 Å². The van der Waals surface area contributed by atoms with Gasteiger partial charge in [0, 0.05) is 24.9 Å². The van der Waals surface area contributed by atoms with E-state index in [0.29, 0.717) is 19.0 Å². The Morgan fingerprint density at radius 1 is 1.31 bits per heavy atom. The number of hydrogen-bond donors (Lipinski definition) is 1. The van der Waals surface area contributed by atoms with Crippen LogP contribution in [0.5, 0.6) is 0 Å². The van der Waals surface area contributed by atoms with Crippen LogP contribution in [0.15, 0.2) is 28.2 Å². The molecule has 144 valence electrons. The van der Waals surface area contributed by atoms with Gasteiger partial charge in [-0.3, -0.25) is 15.5 Å². The molecular weight excluding hydrogens is 356 g/mol. The number of hydrazone groups is 1. The van der Waals surface area contributed by atoms with E-state index in [1.807, 2.05) is 0 Å². The lowest BCUT2D eigenvalue weighted by atomic mass is 9.89. The van der Waals surface area contributed by atoms with Gasteiger partial charge in [0.25, 0.3) is 5.69 Å². The average Bonchev–Trinajstić information content (AvgIpc) is 2.61. The van der Waals surface area contributed by atoms with Gasteiger partial charge in [0.15, 0.2) is 0 Å². The van der Waals surface area contributed by atoms with Crippen molar-refractivity contribution in [3.63, 3.8) is 0 Å². The summed E-state index contributed by atoms with van der Waals surface area (Å²) in [6.45, 7) is 6.16. The first kappa shape index (κ1) is 20.3. The normalized spacial score (nSPS) is 19.7. The van der Waals surface area contributed by atoms with Gasteiger partial charge in [0.2, 0.25) is 10.0 Å². The molecule has 1 aliphatic carbocycles. The summed E-state index contributed by atoms with van der Waals surface area (Å²) in [4.78, 5) is 10.8. The smallest absolute Gasteiger partial charge is 0.272 e. The van der Waals surface area contributed by atoms with Gasteiger partial charge in [-0.1, -0.05) is 27.2 Å². The molecule has 0 spiro atoms. The minimum Gasteiger partial charge on any atom is -0.272 e. The number of benzene rings is 1. The Morgan fingerprint density at radius 3 is 2.58 bits per heavy atom. The van der Waals surface area contributed by atoms with Crippen LogP contribution in [0.25, 0.3) is 0 Å². The number of rotatable bonds is 7. The Balaban J connectivity index is 2.35. The van der Waals surface area contributed by atoms with Crippen molar-refractivity contribution in [1.29, 1.82) is 0 Å². The number of nitrogens with one attached hydrogen (secondary N) is 1. The lowest BCUT2D eigenvalue weighted by Crippen LogP contribution is -2.30. The summed E-state index contributed by atoms with van der Waals surface area (Å²) in [5.74, 6) is 0.345. The molecule has 0 aromatic heterocycles. The number of hydrogen-bond acceptors (Lipinski definition) is 6. The largest absolute Gasteiger partial charge is 0.295 e. The Bertz CT molecular complexity index is 788. The molecule has 1 aromatic carbocycles. The minimum atomic E-state index is -3.75. The summed E-state index contributed by atoms with van der Waals surface area (Å²) in [5, 5.41) is 15.8. The van der Waals surface area contributed by atoms with Crippen molar-refractivity contribution >= 4 is 27.1 Å². The molecule has 0 aliphatic heterocycles. The van der Waals surface area contributed by atoms with Crippen molar-refractivity contribution in [3.8, 4) is 0 Å². The highest BCUT2D eigenvalue weighted by molar-refractivity contribution is 7.89. The molecule has 2 rings (SSSR count). The van der Waals surface area contributed by atoms with Crippen LogP contribution in [-0.2, 0) is 10.0 Å². The molecule has 1 atom stereocenters. The van der Waals surface area contributed by atoms with Gasteiger partial charge >= 0.3 is 0 Å². The van der Waals surface area contributed by atoms with E-state index in [0.717, 1.165) is 37.5 Å². The summed E-state index contributed by atoms with van der Waals surface area (Å²) in [5.41, 5.74) is 3.65. The van der Waals surface area contributed by atoms with E-state index in [2.05, 4.69) is 17.5 Å². The fraction of sp³-hybridized carbons (Fsp3) is 0.588. The number of anilines is 1. The van der Waals surface area contributed by atoms with Crippen molar-refractivity contribution in [3.05, 3.63) is 28.3 Å². The van der Waals surface area contributed by atoms with Crippen LogP contribution in [0, 0.1) is 16.0 Å². The Hall–Kier alpha value is -2.00. The molecule has 1 unspecified atom stereocenters. The summed E-state index contributed by atoms with van der Waals surface area (Å²) in [6, 6.07) is 3.89. The number of nitrogens with zero attached hydrogens (tertiary/aromatic N) is 3. The molecular formula is C17H26N4O4S. The maximum absolute atomic E-state index is 12.6. The van der Waals surface area contributed by atoms with Crippen LogP contribution in [-0.4, -0.2) is 36.4 Å². The van der Waals surface area contributed by atoms with Crippen LogP contribution in [0.1, 0.15) is 46.5 Å². The molecule has 0 radical (unpaired) electrons. The van der Waals surface area contributed by atoms with Crippen LogP contribution < -0.4 is 5.43 Å². The highest BCUT2D eigenvalue weighted by Gasteiger charge is 2.26. The fourth-order valence-electron chi connectivity index (χ4n) is 3.10. The van der Waals surface area contributed by atoms with Gasteiger partial charge in [-0.25, -0.2) is 8.42 Å². The third kappa shape index (κ3) is 4.39. The van der Waals surface area contributed by atoms with Crippen molar-refractivity contribution in [1.82, 2.24) is 4.31 Å². The second-order valence-electron chi connectivity index (χ2n) is 6.39. The molecule has 0 bridgehead atoms. The van der Waals surface area contributed by atoms with Crippen LogP contribution in [0.3, 0.4) is 0 Å². The first-order valence-electron chi connectivity index (χ1n) is 8.92. The van der Waals surface area contributed by atoms with Crippen molar-refractivity contribution in [2.24, 2.45) is 11.0 Å². The van der Waals surface area contributed by atoms with E-state index in [1.165, 1.54) is 16.4 Å². The van der Waals surface area contributed by atoms with E-state index < -0.39 is 14.9 Å². The molecule has 1 aliphatic rings. The molecule has 0 heterocycles. The minimum absolute atomic E-state index is 0.0860. The quantitative estimate of drug-likeness (QED) is 0.573. The molecule has 1 fully saturated rings. The predicted octanol–water partition coefficient (Wildman–Crippen LogP) is 3.60. The lowest BCUT2D eigenvalue weighted by Gasteiger charge is -2.20. The zero-order chi connectivity index (χ0) is 19.3. The predicted molar refractivity (Wildman–Crippen MR) is 102 cm³/mol. The second kappa shape index (κ2) is 8.59. The van der Waals surface area contributed by atoms with Crippen LogP contribution in [0.4, 0.5) is 11.4 Å². The van der Waals surface area contributed by atoms with Crippen LogP contribution >= 0.6 is 0 Å². The van der Waals surface area contributed by atoms with Gasteiger partial charge < -0.3 is 0 Å².